The second kappa shape index (κ2) is 11.9. The van der Waals surface area contributed by atoms with Crippen LogP contribution >= 0.6 is 11.8 Å². The first kappa shape index (κ1) is 25.8. The van der Waals surface area contributed by atoms with E-state index in [2.05, 4.69) is 5.32 Å². The molecule has 0 radical (unpaired) electrons. The predicted molar refractivity (Wildman–Crippen MR) is 108 cm³/mol. The Hall–Kier alpha value is -2.50. The Morgan fingerprint density at radius 3 is 2.53 bits per heavy atom. The van der Waals surface area contributed by atoms with Gasteiger partial charge in [-0.1, -0.05) is 0 Å². The van der Waals surface area contributed by atoms with Crippen molar-refractivity contribution in [3.63, 3.8) is 0 Å². The molecule has 1 aromatic carbocycles. The van der Waals surface area contributed by atoms with Crippen molar-refractivity contribution in [3.05, 3.63) is 35.1 Å². The van der Waals surface area contributed by atoms with E-state index in [9.17, 15) is 31.9 Å². The van der Waals surface area contributed by atoms with Gasteiger partial charge in [-0.3, -0.25) is 4.79 Å². The summed E-state index contributed by atoms with van der Waals surface area (Å²) in [5.74, 6) is -4.44. The van der Waals surface area contributed by atoms with Gasteiger partial charge in [-0.2, -0.15) is 0 Å². The fourth-order valence-electron chi connectivity index (χ4n) is 3.00. The molecule has 2 rings (SSSR count). The summed E-state index contributed by atoms with van der Waals surface area (Å²) in [7, 11) is 1.18. The van der Waals surface area contributed by atoms with E-state index in [1.165, 1.54) is 30.7 Å². The molecule has 178 valence electrons. The molecular formula is C20H24F4N2O5S. The molecule has 3 unspecified atom stereocenters. The van der Waals surface area contributed by atoms with Crippen LogP contribution in [0, 0.1) is 17.5 Å². The monoisotopic (exact) mass is 480 g/mol. The molecule has 12 heteroatoms. The summed E-state index contributed by atoms with van der Waals surface area (Å²) in [5.41, 5.74) is -0.191. The number of amides is 2. The first-order chi connectivity index (χ1) is 15.1. The lowest BCUT2D eigenvalue weighted by molar-refractivity contribution is -0.148. The predicted octanol–water partition coefficient (Wildman–Crippen LogP) is 2.95. The van der Waals surface area contributed by atoms with Crippen molar-refractivity contribution in [2.24, 2.45) is 0 Å². The molecule has 1 N–H and O–H groups in total. The molecule has 1 heterocycles. The van der Waals surface area contributed by atoms with Crippen molar-refractivity contribution in [1.29, 1.82) is 0 Å². The Balaban J connectivity index is 2.15. The third-order valence-electron chi connectivity index (χ3n) is 4.71. The highest BCUT2D eigenvalue weighted by Crippen LogP contribution is 2.26. The lowest BCUT2D eigenvalue weighted by Gasteiger charge is -2.27. The van der Waals surface area contributed by atoms with Gasteiger partial charge in [0.1, 0.15) is 18.0 Å². The highest BCUT2D eigenvalue weighted by molar-refractivity contribution is 8.00. The van der Waals surface area contributed by atoms with Crippen molar-refractivity contribution >= 4 is 29.7 Å². The number of carbonyl (C=O) groups excluding carboxylic acids is 3. The average Bonchev–Trinajstić information content (AvgIpc) is 3.22. The molecule has 1 aromatic rings. The van der Waals surface area contributed by atoms with Gasteiger partial charge in [0.25, 0.3) is 0 Å². The van der Waals surface area contributed by atoms with E-state index in [0.29, 0.717) is 17.9 Å². The normalized spacial score (nSPS) is 17.6. The largest absolute Gasteiger partial charge is 0.467 e. The quantitative estimate of drug-likeness (QED) is 0.332. The number of benzene rings is 1. The molecule has 1 saturated heterocycles. The minimum atomic E-state index is -1.35. The first-order valence-corrected chi connectivity index (χ1v) is 10.9. The second-order valence-electron chi connectivity index (χ2n) is 7.08. The molecule has 3 atom stereocenters. The van der Waals surface area contributed by atoms with Crippen LogP contribution in [0.2, 0.25) is 0 Å². The van der Waals surface area contributed by atoms with Crippen LogP contribution in [-0.4, -0.2) is 66.5 Å². The number of nitrogens with one attached hydrogen (secondary N) is 1. The van der Waals surface area contributed by atoms with E-state index in [4.69, 9.17) is 9.47 Å². The van der Waals surface area contributed by atoms with Crippen LogP contribution in [0.25, 0.3) is 0 Å². The Labute approximate surface area is 186 Å². The molecule has 0 spiro atoms. The van der Waals surface area contributed by atoms with E-state index in [0.717, 1.165) is 0 Å². The van der Waals surface area contributed by atoms with Gasteiger partial charge in [-0.25, -0.2) is 27.2 Å². The lowest BCUT2D eigenvalue weighted by Crippen LogP contribution is -2.51. The van der Waals surface area contributed by atoms with Crippen LogP contribution in [0.3, 0.4) is 0 Å². The third kappa shape index (κ3) is 7.01. The van der Waals surface area contributed by atoms with Crippen molar-refractivity contribution in [2.45, 2.75) is 43.8 Å². The highest BCUT2D eigenvalue weighted by Gasteiger charge is 2.39. The number of alkyl carbamates (subject to hydrolysis) is 1. The van der Waals surface area contributed by atoms with Gasteiger partial charge in [-0.05, 0) is 31.4 Å². The number of hydrogen-bond donors (Lipinski definition) is 1. The van der Waals surface area contributed by atoms with E-state index >= 15 is 0 Å². The number of carbonyl (C=O) groups is 3. The molecular weight excluding hydrogens is 456 g/mol. The number of esters is 1. The van der Waals surface area contributed by atoms with Gasteiger partial charge >= 0.3 is 12.1 Å². The summed E-state index contributed by atoms with van der Waals surface area (Å²) in [6.45, 7) is 1.27. The highest BCUT2D eigenvalue weighted by atomic mass is 32.2. The second-order valence-corrected chi connectivity index (χ2v) is 8.26. The van der Waals surface area contributed by atoms with Crippen LogP contribution in [0.1, 0.15) is 25.3 Å². The smallest absolute Gasteiger partial charge is 0.407 e. The number of ether oxygens (including phenoxy) is 2. The molecule has 0 aromatic heterocycles. The summed E-state index contributed by atoms with van der Waals surface area (Å²) in [4.78, 5) is 38.3. The van der Waals surface area contributed by atoms with Crippen LogP contribution in [0.15, 0.2) is 12.1 Å². The Kier molecular flexibility index (Phi) is 9.60. The van der Waals surface area contributed by atoms with E-state index in [-0.39, 0.29) is 38.0 Å². The number of rotatable bonds is 9. The molecule has 1 aliphatic heterocycles. The SMILES string of the molecule is COC(=O)C1SCCN1C(=O)C(CCc1cc(F)c(F)cc1F)NC(=O)OCCC(C)F. The van der Waals surface area contributed by atoms with Crippen molar-refractivity contribution in [2.75, 3.05) is 26.0 Å². The minimum absolute atomic E-state index is 0.0424. The van der Waals surface area contributed by atoms with Gasteiger partial charge in [0.2, 0.25) is 5.91 Å². The topological polar surface area (TPSA) is 84.9 Å². The zero-order valence-corrected chi connectivity index (χ0v) is 18.4. The fourth-order valence-corrected chi connectivity index (χ4v) is 4.15. The molecule has 0 bridgehead atoms. The fraction of sp³-hybridized carbons (Fsp3) is 0.550. The van der Waals surface area contributed by atoms with Crippen molar-refractivity contribution < 1.29 is 41.4 Å². The first-order valence-electron chi connectivity index (χ1n) is 9.84. The summed E-state index contributed by atoms with van der Waals surface area (Å²) in [6, 6.07) is -0.189. The number of thioether (sulfide) groups is 1. The van der Waals surface area contributed by atoms with Crippen molar-refractivity contribution in [1.82, 2.24) is 10.2 Å². The van der Waals surface area contributed by atoms with Crippen LogP contribution in [-0.2, 0) is 25.5 Å². The minimum Gasteiger partial charge on any atom is -0.467 e. The zero-order chi connectivity index (χ0) is 23.8. The Morgan fingerprint density at radius 2 is 1.88 bits per heavy atom. The zero-order valence-electron chi connectivity index (χ0n) is 17.5. The number of methoxy groups -OCH3 is 1. The van der Waals surface area contributed by atoms with Crippen LogP contribution in [0.5, 0.6) is 0 Å². The molecule has 0 aliphatic carbocycles. The number of hydrogen-bond acceptors (Lipinski definition) is 6. The average molecular weight is 480 g/mol. The van der Waals surface area contributed by atoms with E-state index in [1.807, 2.05) is 0 Å². The summed E-state index contributed by atoms with van der Waals surface area (Å²) in [6.07, 6.45) is -2.65. The Bertz CT molecular complexity index is 842. The third-order valence-corrected chi connectivity index (χ3v) is 5.89. The molecule has 7 nitrogen and oxygen atoms in total. The maximum absolute atomic E-state index is 14.0. The molecule has 2 amide bonds. The van der Waals surface area contributed by atoms with Gasteiger partial charge in [0.05, 0.1) is 13.7 Å². The molecule has 0 saturated carbocycles. The van der Waals surface area contributed by atoms with Crippen LogP contribution < -0.4 is 5.32 Å². The number of alkyl halides is 1. The maximum atomic E-state index is 14.0. The van der Waals surface area contributed by atoms with Crippen LogP contribution in [0.4, 0.5) is 22.4 Å². The van der Waals surface area contributed by atoms with Gasteiger partial charge < -0.3 is 19.7 Å². The maximum Gasteiger partial charge on any atom is 0.407 e. The number of nitrogens with zero attached hydrogens (tertiary/aromatic N) is 1. The van der Waals surface area contributed by atoms with Gasteiger partial charge in [-0.15, -0.1) is 11.8 Å². The lowest BCUT2D eigenvalue weighted by atomic mass is 10.0. The number of aryl methyl sites for hydroxylation is 1. The Morgan fingerprint density at radius 1 is 1.19 bits per heavy atom. The molecule has 1 aliphatic rings. The summed E-state index contributed by atoms with van der Waals surface area (Å²) < 4.78 is 63.1. The van der Waals surface area contributed by atoms with E-state index in [1.54, 1.807) is 0 Å². The summed E-state index contributed by atoms with van der Waals surface area (Å²) in [5, 5.41) is 1.42. The molecule has 32 heavy (non-hydrogen) atoms. The summed E-state index contributed by atoms with van der Waals surface area (Å²) >= 11 is 1.18. The van der Waals surface area contributed by atoms with Gasteiger partial charge in [0.15, 0.2) is 17.0 Å². The van der Waals surface area contributed by atoms with Crippen molar-refractivity contribution in [3.8, 4) is 0 Å². The standard InChI is InChI=1S/C20H24F4N2O5S/c1-11(21)5-7-31-20(29)25-16(4-3-12-9-14(23)15(24)10-13(12)22)17(27)26-6-8-32-18(26)19(28)30-2/h9-11,16,18H,3-8H2,1-2H3,(H,25,29). The molecule has 1 fully saturated rings. The van der Waals surface area contributed by atoms with Gasteiger partial charge in [0, 0.05) is 24.8 Å². The number of halogens is 4. The van der Waals surface area contributed by atoms with E-state index < -0.39 is 53.0 Å².